The molecule has 0 atom stereocenters. The number of hydrogen-bond donors (Lipinski definition) is 0. The monoisotopic (exact) mass is 254 g/mol. The van der Waals surface area contributed by atoms with Gasteiger partial charge in [0.25, 0.3) is 5.69 Å². The van der Waals surface area contributed by atoms with Gasteiger partial charge >= 0.3 is 0 Å². The van der Waals surface area contributed by atoms with Crippen molar-refractivity contribution in [2.75, 3.05) is 0 Å². The number of hydrogen-bond acceptors (Lipinski definition) is 4. The summed E-state index contributed by atoms with van der Waals surface area (Å²) in [7, 11) is 0. The first-order valence-corrected chi connectivity index (χ1v) is 4.81. The molecule has 0 radical (unpaired) electrons. The minimum atomic E-state index is -0.615. The van der Waals surface area contributed by atoms with E-state index in [4.69, 9.17) is 11.6 Å². The van der Waals surface area contributed by atoms with Gasteiger partial charge in [-0.15, -0.1) is 0 Å². The number of rotatable bonds is 4. The fraction of sp³-hybridized carbons (Fsp3) is 0. The van der Waals surface area contributed by atoms with E-state index in [0.29, 0.717) is 5.56 Å². The predicted octanol–water partition coefficient (Wildman–Crippen LogP) is 2.96. The molecule has 0 aliphatic rings. The number of halogens is 1. The van der Waals surface area contributed by atoms with Crippen molar-refractivity contribution in [1.29, 1.82) is 0 Å². The van der Waals surface area contributed by atoms with Gasteiger partial charge in [-0.25, -0.2) is 0 Å². The second-order valence-electron chi connectivity index (χ2n) is 2.95. The molecule has 0 saturated carbocycles. The zero-order valence-corrected chi connectivity index (χ0v) is 9.20. The third-order valence-electron chi connectivity index (χ3n) is 1.80. The number of non-ortho nitro benzene ring substituents is 1. The Bertz CT molecular complexity index is 494. The lowest BCUT2D eigenvalue weighted by Crippen LogP contribution is -1.87. The molecule has 0 saturated heterocycles. The van der Waals surface area contributed by atoms with Gasteiger partial charge in [0.2, 0.25) is 6.20 Å². The van der Waals surface area contributed by atoms with E-state index in [2.05, 4.69) is 0 Å². The zero-order chi connectivity index (χ0) is 12.8. The molecular weight excluding hydrogens is 248 g/mol. The quantitative estimate of drug-likeness (QED) is 0.469. The molecule has 0 spiro atoms. The number of nitro benzene ring substituents is 1. The lowest BCUT2D eigenvalue weighted by Gasteiger charge is -1.97. The molecule has 17 heavy (non-hydrogen) atoms. The standard InChI is InChI=1S/C10H7ClN2O4/c11-10(2-1-7-12(14)15)8-3-5-9(6-4-8)13(16)17/h1-7H. The molecule has 0 bridgehead atoms. The highest BCUT2D eigenvalue weighted by molar-refractivity contribution is 6.48. The van der Waals surface area contributed by atoms with Gasteiger partial charge in [0, 0.05) is 23.2 Å². The third-order valence-corrected chi connectivity index (χ3v) is 2.15. The maximum Gasteiger partial charge on any atom is 0.269 e. The lowest BCUT2D eigenvalue weighted by molar-refractivity contribution is -0.402. The summed E-state index contributed by atoms with van der Waals surface area (Å²) < 4.78 is 0. The number of nitrogens with zero attached hydrogens (tertiary/aromatic N) is 2. The molecular formula is C10H7ClN2O4. The second-order valence-corrected chi connectivity index (χ2v) is 3.35. The van der Waals surface area contributed by atoms with Gasteiger partial charge < -0.3 is 0 Å². The van der Waals surface area contributed by atoms with E-state index in [9.17, 15) is 20.2 Å². The molecule has 1 aromatic rings. The van der Waals surface area contributed by atoms with E-state index in [1.807, 2.05) is 0 Å². The van der Waals surface area contributed by atoms with Gasteiger partial charge in [-0.1, -0.05) is 11.6 Å². The molecule has 0 heterocycles. The summed E-state index contributed by atoms with van der Waals surface area (Å²) in [5.41, 5.74) is 0.504. The van der Waals surface area contributed by atoms with Crippen LogP contribution in [0.3, 0.4) is 0 Å². The molecule has 1 rings (SSSR count). The topological polar surface area (TPSA) is 86.3 Å². The average molecular weight is 255 g/mol. The van der Waals surface area contributed by atoms with Crippen LogP contribution in [-0.4, -0.2) is 9.85 Å². The smallest absolute Gasteiger partial charge is 0.259 e. The highest BCUT2D eigenvalue weighted by atomic mass is 35.5. The van der Waals surface area contributed by atoms with E-state index in [0.717, 1.165) is 6.20 Å². The number of nitro groups is 2. The van der Waals surface area contributed by atoms with Gasteiger partial charge in [-0.05, 0) is 23.8 Å². The molecule has 0 N–H and O–H groups in total. The molecule has 1 aromatic carbocycles. The van der Waals surface area contributed by atoms with Crippen LogP contribution in [0.1, 0.15) is 5.56 Å². The molecule has 0 aliphatic carbocycles. The molecule has 0 aromatic heterocycles. The predicted molar refractivity (Wildman–Crippen MR) is 63.1 cm³/mol. The Morgan fingerprint density at radius 3 is 2.24 bits per heavy atom. The van der Waals surface area contributed by atoms with Crippen molar-refractivity contribution in [2.24, 2.45) is 0 Å². The van der Waals surface area contributed by atoms with Crippen LogP contribution in [0.5, 0.6) is 0 Å². The minimum absolute atomic E-state index is 0.0425. The van der Waals surface area contributed by atoms with Crippen molar-refractivity contribution in [1.82, 2.24) is 0 Å². The first-order valence-electron chi connectivity index (χ1n) is 4.43. The molecule has 6 nitrogen and oxygen atoms in total. The summed E-state index contributed by atoms with van der Waals surface area (Å²) in [4.78, 5) is 19.3. The van der Waals surface area contributed by atoms with E-state index < -0.39 is 9.85 Å². The molecule has 0 fully saturated rings. The number of allylic oxidation sites excluding steroid dienone is 2. The summed E-state index contributed by atoms with van der Waals surface area (Å²) in [6.45, 7) is 0. The highest BCUT2D eigenvalue weighted by Crippen LogP contribution is 2.21. The van der Waals surface area contributed by atoms with Crippen molar-refractivity contribution in [2.45, 2.75) is 0 Å². The summed E-state index contributed by atoms with van der Waals surface area (Å²) in [6, 6.07) is 5.56. The molecule has 7 heteroatoms. The van der Waals surface area contributed by atoms with Crippen LogP contribution in [0.4, 0.5) is 5.69 Å². The Kier molecular flexibility index (Phi) is 4.36. The average Bonchev–Trinajstić information content (AvgIpc) is 2.28. The molecule has 88 valence electrons. The Hall–Kier alpha value is -2.21. The van der Waals surface area contributed by atoms with E-state index in [1.54, 1.807) is 0 Å². The first-order chi connectivity index (χ1) is 8.00. The van der Waals surface area contributed by atoms with Crippen molar-refractivity contribution >= 4 is 22.3 Å². The van der Waals surface area contributed by atoms with Crippen molar-refractivity contribution in [3.05, 3.63) is 68.4 Å². The molecule has 0 unspecified atom stereocenters. The van der Waals surface area contributed by atoms with Crippen LogP contribution in [0.15, 0.2) is 42.6 Å². The summed E-state index contributed by atoms with van der Waals surface area (Å²) >= 11 is 5.84. The van der Waals surface area contributed by atoms with Crippen molar-refractivity contribution in [3.63, 3.8) is 0 Å². The van der Waals surface area contributed by atoms with Gasteiger partial charge in [0.15, 0.2) is 0 Å². The van der Waals surface area contributed by atoms with Gasteiger partial charge in [-0.3, -0.25) is 20.2 Å². The molecule has 0 aliphatic heterocycles. The Morgan fingerprint density at radius 1 is 1.18 bits per heavy atom. The Morgan fingerprint density at radius 2 is 1.76 bits per heavy atom. The third kappa shape index (κ3) is 4.04. The molecule has 0 amide bonds. The maximum absolute atomic E-state index is 10.4. The van der Waals surface area contributed by atoms with Gasteiger partial charge in [-0.2, -0.15) is 0 Å². The maximum atomic E-state index is 10.4. The van der Waals surface area contributed by atoms with Crippen molar-refractivity contribution < 1.29 is 9.85 Å². The minimum Gasteiger partial charge on any atom is -0.259 e. The summed E-state index contributed by atoms with van der Waals surface area (Å²) in [6.07, 6.45) is 3.27. The van der Waals surface area contributed by atoms with Crippen LogP contribution in [0.2, 0.25) is 0 Å². The van der Waals surface area contributed by atoms with Gasteiger partial charge in [0.1, 0.15) is 0 Å². The number of benzene rings is 1. The lowest BCUT2D eigenvalue weighted by atomic mass is 10.2. The van der Waals surface area contributed by atoms with Crippen LogP contribution in [0.25, 0.3) is 5.03 Å². The van der Waals surface area contributed by atoms with Gasteiger partial charge in [0.05, 0.1) is 9.85 Å². The summed E-state index contributed by atoms with van der Waals surface area (Å²) in [5, 5.41) is 20.7. The Labute approximate surface area is 101 Å². The van der Waals surface area contributed by atoms with E-state index in [1.165, 1.54) is 36.4 Å². The highest BCUT2D eigenvalue weighted by Gasteiger charge is 2.04. The van der Waals surface area contributed by atoms with E-state index >= 15 is 0 Å². The van der Waals surface area contributed by atoms with Crippen molar-refractivity contribution in [3.8, 4) is 0 Å². The Balaban J connectivity index is 2.86. The fourth-order valence-electron chi connectivity index (χ4n) is 1.04. The van der Waals surface area contributed by atoms with E-state index in [-0.39, 0.29) is 10.7 Å². The SMILES string of the molecule is O=[N+]([O-])C=CC=C(Cl)c1ccc([N+](=O)[O-])cc1. The van der Waals surface area contributed by atoms with Crippen LogP contribution in [-0.2, 0) is 0 Å². The first kappa shape index (κ1) is 12.9. The van der Waals surface area contributed by atoms with Crippen LogP contribution < -0.4 is 0 Å². The fourth-order valence-corrected chi connectivity index (χ4v) is 1.24. The largest absolute Gasteiger partial charge is 0.269 e. The zero-order valence-electron chi connectivity index (χ0n) is 8.45. The normalized spacial score (nSPS) is 11.7. The van der Waals surface area contributed by atoms with Crippen LogP contribution >= 0.6 is 11.6 Å². The second kappa shape index (κ2) is 5.76. The summed E-state index contributed by atoms with van der Waals surface area (Å²) in [5.74, 6) is 0. The van der Waals surface area contributed by atoms with Crippen LogP contribution in [0, 0.1) is 20.2 Å².